The molecule has 0 fully saturated rings. The third-order valence-electron chi connectivity index (χ3n) is 5.63. The highest BCUT2D eigenvalue weighted by Gasteiger charge is 2.19. The third kappa shape index (κ3) is 4.17. The average Bonchev–Trinajstić information content (AvgIpc) is 3.25. The Morgan fingerprint density at radius 2 is 2.00 bits per heavy atom. The monoisotopic (exact) mass is 457 g/mol. The van der Waals surface area contributed by atoms with Crippen LogP contribution in [0.3, 0.4) is 0 Å². The molecule has 4 aromatic rings. The molecule has 0 atom stereocenters. The van der Waals surface area contributed by atoms with Crippen LogP contribution in [0.5, 0.6) is 0 Å². The second kappa shape index (κ2) is 8.63. The molecule has 0 radical (unpaired) electrons. The first-order valence-electron chi connectivity index (χ1n) is 10.8. The van der Waals surface area contributed by atoms with Crippen LogP contribution in [-0.4, -0.2) is 33.3 Å². The van der Waals surface area contributed by atoms with Gasteiger partial charge in [0.25, 0.3) is 0 Å². The van der Waals surface area contributed by atoms with Gasteiger partial charge in [0.15, 0.2) is 5.69 Å². The second-order valence-corrected chi connectivity index (χ2v) is 9.22. The number of aromatic carboxylic acids is 1. The Morgan fingerprint density at radius 3 is 2.79 bits per heavy atom. The van der Waals surface area contributed by atoms with Gasteiger partial charge in [-0.3, -0.25) is 5.43 Å². The molecule has 1 aliphatic heterocycles. The number of fused-ring (bicyclic) bond motifs is 2. The maximum absolute atomic E-state index is 11.8. The van der Waals surface area contributed by atoms with Crippen LogP contribution in [0, 0.1) is 0 Å². The molecule has 0 bridgehead atoms. The largest absolute Gasteiger partial charge is 0.477 e. The van der Waals surface area contributed by atoms with Crippen LogP contribution in [0.15, 0.2) is 59.7 Å². The lowest BCUT2D eigenvalue weighted by Gasteiger charge is -2.21. The Labute approximate surface area is 195 Å². The van der Waals surface area contributed by atoms with Gasteiger partial charge in [0.05, 0.1) is 21.6 Å². The lowest BCUT2D eigenvalue weighted by atomic mass is 9.96. The predicted molar refractivity (Wildman–Crippen MR) is 134 cm³/mol. The SMILES string of the molecule is CC(C)c1ccc(-c2ccc3c(c2)/C(=N/Nc2nc4ccccc4s2)CCN3)nc1C(=O)O. The summed E-state index contributed by atoms with van der Waals surface area (Å²) in [6.45, 7) is 4.72. The molecule has 3 heterocycles. The number of carboxylic acid groups (broad SMARTS) is 1. The van der Waals surface area contributed by atoms with Crippen molar-refractivity contribution in [1.82, 2.24) is 9.97 Å². The van der Waals surface area contributed by atoms with Crippen molar-refractivity contribution in [1.29, 1.82) is 0 Å². The van der Waals surface area contributed by atoms with E-state index in [1.54, 1.807) is 11.3 Å². The van der Waals surface area contributed by atoms with E-state index in [9.17, 15) is 9.90 Å². The highest BCUT2D eigenvalue weighted by atomic mass is 32.1. The molecule has 0 saturated carbocycles. The van der Waals surface area contributed by atoms with Crippen molar-refractivity contribution >= 4 is 44.1 Å². The zero-order valence-electron chi connectivity index (χ0n) is 18.3. The number of carbonyl (C=O) groups is 1. The Balaban J connectivity index is 1.49. The highest BCUT2D eigenvalue weighted by molar-refractivity contribution is 7.22. The normalized spacial score (nSPS) is 14.3. The first-order valence-corrected chi connectivity index (χ1v) is 11.6. The number of hydrazone groups is 1. The fourth-order valence-electron chi connectivity index (χ4n) is 3.97. The summed E-state index contributed by atoms with van der Waals surface area (Å²) in [5.41, 5.74) is 9.26. The molecule has 0 aliphatic carbocycles. The molecule has 2 aromatic carbocycles. The maximum Gasteiger partial charge on any atom is 0.354 e. The molecule has 7 nitrogen and oxygen atoms in total. The van der Waals surface area contributed by atoms with Crippen LogP contribution in [0.1, 0.15) is 47.8 Å². The van der Waals surface area contributed by atoms with E-state index in [1.165, 1.54) is 0 Å². The molecule has 3 N–H and O–H groups in total. The standard InChI is InChI=1S/C25H23N5O2S/c1-14(2)16-8-10-18(27-23(16)24(31)32)15-7-9-19-17(13-15)20(11-12-26-19)29-30-25-28-21-5-3-4-6-22(21)33-25/h3-10,13-14,26H,11-12H2,1-2H3,(H,28,30)(H,31,32)/b29-20+. The summed E-state index contributed by atoms with van der Waals surface area (Å²) in [5, 5.41) is 18.5. The van der Waals surface area contributed by atoms with E-state index in [-0.39, 0.29) is 11.6 Å². The first-order chi connectivity index (χ1) is 16.0. The van der Waals surface area contributed by atoms with Gasteiger partial charge in [0.1, 0.15) is 0 Å². The van der Waals surface area contributed by atoms with E-state index >= 15 is 0 Å². The van der Waals surface area contributed by atoms with Crippen LogP contribution in [-0.2, 0) is 0 Å². The summed E-state index contributed by atoms with van der Waals surface area (Å²) >= 11 is 1.56. The number of nitrogens with zero attached hydrogens (tertiary/aromatic N) is 3. The number of hydrogen-bond acceptors (Lipinski definition) is 7. The van der Waals surface area contributed by atoms with Gasteiger partial charge in [-0.15, -0.1) is 0 Å². The van der Waals surface area contributed by atoms with Crippen molar-refractivity contribution in [3.05, 3.63) is 71.4 Å². The van der Waals surface area contributed by atoms with Crippen molar-refractivity contribution in [2.24, 2.45) is 5.10 Å². The number of pyridine rings is 1. The summed E-state index contributed by atoms with van der Waals surface area (Å²) < 4.78 is 1.11. The minimum Gasteiger partial charge on any atom is -0.477 e. The van der Waals surface area contributed by atoms with Gasteiger partial charge in [-0.05, 0) is 41.8 Å². The quantitative estimate of drug-likeness (QED) is 0.327. The molecule has 5 rings (SSSR count). The summed E-state index contributed by atoms with van der Waals surface area (Å²) in [4.78, 5) is 20.8. The van der Waals surface area contributed by atoms with Crippen molar-refractivity contribution in [3.8, 4) is 11.3 Å². The zero-order chi connectivity index (χ0) is 22.9. The van der Waals surface area contributed by atoms with Crippen LogP contribution in [0.4, 0.5) is 10.8 Å². The van der Waals surface area contributed by atoms with E-state index < -0.39 is 5.97 Å². The molecule has 0 saturated heterocycles. The topological polar surface area (TPSA) is 99.5 Å². The van der Waals surface area contributed by atoms with Crippen LogP contribution >= 0.6 is 11.3 Å². The number of aromatic nitrogens is 2. The zero-order valence-corrected chi connectivity index (χ0v) is 19.1. The van der Waals surface area contributed by atoms with Gasteiger partial charge < -0.3 is 10.4 Å². The molecule has 166 valence electrons. The fraction of sp³-hybridized carbons (Fsp3) is 0.200. The molecule has 2 aromatic heterocycles. The van der Waals surface area contributed by atoms with Crippen LogP contribution in [0.2, 0.25) is 0 Å². The van der Waals surface area contributed by atoms with E-state index in [0.29, 0.717) is 5.69 Å². The number of carboxylic acids is 1. The molecule has 1 aliphatic rings. The van der Waals surface area contributed by atoms with Gasteiger partial charge in [-0.1, -0.05) is 49.4 Å². The van der Waals surface area contributed by atoms with E-state index in [2.05, 4.69) is 25.8 Å². The summed E-state index contributed by atoms with van der Waals surface area (Å²) in [5.74, 6) is -0.930. The van der Waals surface area contributed by atoms with Crippen LogP contribution in [0.25, 0.3) is 21.5 Å². The van der Waals surface area contributed by atoms with Crippen molar-refractivity contribution in [2.75, 3.05) is 17.3 Å². The predicted octanol–water partition coefficient (Wildman–Crippen LogP) is 5.81. The van der Waals surface area contributed by atoms with Gasteiger partial charge in [-0.2, -0.15) is 5.10 Å². The molecule has 0 unspecified atom stereocenters. The van der Waals surface area contributed by atoms with Crippen molar-refractivity contribution in [2.45, 2.75) is 26.2 Å². The minimum atomic E-state index is -1.01. The second-order valence-electron chi connectivity index (χ2n) is 8.19. The van der Waals surface area contributed by atoms with Crippen LogP contribution < -0.4 is 10.7 Å². The van der Waals surface area contributed by atoms with E-state index in [1.807, 2.05) is 68.4 Å². The Hall–Kier alpha value is -3.78. The van der Waals surface area contributed by atoms with Gasteiger partial charge in [0, 0.05) is 29.8 Å². The van der Waals surface area contributed by atoms with E-state index in [4.69, 9.17) is 0 Å². The number of hydrogen-bond donors (Lipinski definition) is 3. The molecular weight excluding hydrogens is 434 g/mol. The average molecular weight is 458 g/mol. The number of para-hydroxylation sites is 1. The maximum atomic E-state index is 11.8. The number of nitrogens with one attached hydrogen (secondary N) is 2. The third-order valence-corrected chi connectivity index (χ3v) is 6.58. The van der Waals surface area contributed by atoms with Crippen molar-refractivity contribution < 1.29 is 9.90 Å². The summed E-state index contributed by atoms with van der Waals surface area (Å²) in [6, 6.07) is 17.7. The van der Waals surface area contributed by atoms with Gasteiger partial charge >= 0.3 is 5.97 Å². The Morgan fingerprint density at radius 1 is 1.15 bits per heavy atom. The first kappa shape index (κ1) is 21.1. The number of thiazole rings is 1. The molecule has 0 amide bonds. The smallest absolute Gasteiger partial charge is 0.354 e. The summed E-state index contributed by atoms with van der Waals surface area (Å²) in [7, 11) is 0. The fourth-order valence-corrected chi connectivity index (χ4v) is 4.77. The Kier molecular flexibility index (Phi) is 5.51. The lowest BCUT2D eigenvalue weighted by Crippen LogP contribution is -2.20. The van der Waals surface area contributed by atoms with Gasteiger partial charge in [0.2, 0.25) is 5.13 Å². The van der Waals surface area contributed by atoms with Gasteiger partial charge in [-0.25, -0.2) is 14.8 Å². The highest BCUT2D eigenvalue weighted by Crippen LogP contribution is 2.30. The van der Waals surface area contributed by atoms with Crippen molar-refractivity contribution in [3.63, 3.8) is 0 Å². The molecule has 8 heteroatoms. The molecular formula is C25H23N5O2S. The molecule has 33 heavy (non-hydrogen) atoms. The van der Waals surface area contributed by atoms with E-state index in [0.717, 1.165) is 56.4 Å². The number of rotatable bonds is 5. The summed E-state index contributed by atoms with van der Waals surface area (Å²) in [6.07, 6.45) is 0.758. The minimum absolute atomic E-state index is 0.0812. The lowest BCUT2D eigenvalue weighted by molar-refractivity contribution is 0.0689. The number of anilines is 2. The number of benzene rings is 2. The molecule has 0 spiro atoms. The Bertz CT molecular complexity index is 1360.